The number of pyridine rings is 1. The van der Waals surface area contributed by atoms with E-state index in [1.807, 2.05) is 30.3 Å². The number of hydrogen-bond acceptors (Lipinski definition) is 2. The van der Waals surface area contributed by atoms with Crippen molar-refractivity contribution in [2.24, 2.45) is 0 Å². The van der Waals surface area contributed by atoms with E-state index in [0.717, 1.165) is 28.6 Å². The van der Waals surface area contributed by atoms with Gasteiger partial charge in [-0.25, -0.2) is 13.8 Å². The number of H-pyrrole nitrogens is 1. The zero-order valence-electron chi connectivity index (χ0n) is 10.8. The lowest BCUT2D eigenvalue weighted by Gasteiger charge is -2.02. The standard InChI is InChI=1S/C16H9F2N3/c17-11-7-14-15(8-12(11)18)21-16(20-14)10-3-1-5-13-9(10)4-2-6-19-13/h1-8H,(H,20,21). The van der Waals surface area contributed by atoms with Crippen molar-refractivity contribution in [2.75, 3.05) is 0 Å². The van der Waals surface area contributed by atoms with Gasteiger partial charge in [0.05, 0.1) is 16.6 Å². The quantitative estimate of drug-likeness (QED) is 0.571. The average Bonchev–Trinajstić information content (AvgIpc) is 2.90. The Balaban J connectivity index is 2.00. The molecule has 0 saturated heterocycles. The Hall–Kier alpha value is -2.82. The van der Waals surface area contributed by atoms with Crippen LogP contribution in [0.25, 0.3) is 33.3 Å². The zero-order chi connectivity index (χ0) is 14.4. The van der Waals surface area contributed by atoms with Crippen LogP contribution in [0.1, 0.15) is 0 Å². The molecule has 4 rings (SSSR count). The highest BCUT2D eigenvalue weighted by Crippen LogP contribution is 2.27. The van der Waals surface area contributed by atoms with Gasteiger partial charge < -0.3 is 4.98 Å². The minimum atomic E-state index is -0.903. The van der Waals surface area contributed by atoms with Gasteiger partial charge in [0.15, 0.2) is 11.6 Å². The van der Waals surface area contributed by atoms with Crippen molar-refractivity contribution in [3.63, 3.8) is 0 Å². The van der Waals surface area contributed by atoms with E-state index in [-0.39, 0.29) is 0 Å². The molecule has 0 bridgehead atoms. The molecule has 5 heteroatoms. The van der Waals surface area contributed by atoms with Crippen LogP contribution in [0.4, 0.5) is 8.78 Å². The monoisotopic (exact) mass is 281 g/mol. The molecule has 2 aromatic carbocycles. The first-order valence-corrected chi connectivity index (χ1v) is 6.41. The van der Waals surface area contributed by atoms with Crippen molar-refractivity contribution in [3.05, 3.63) is 60.3 Å². The van der Waals surface area contributed by atoms with Gasteiger partial charge in [-0.3, -0.25) is 4.98 Å². The van der Waals surface area contributed by atoms with E-state index in [4.69, 9.17) is 0 Å². The summed E-state index contributed by atoms with van der Waals surface area (Å²) < 4.78 is 26.6. The highest BCUT2D eigenvalue weighted by Gasteiger charge is 2.11. The van der Waals surface area contributed by atoms with E-state index < -0.39 is 11.6 Å². The number of fused-ring (bicyclic) bond motifs is 2. The Morgan fingerprint density at radius 2 is 1.76 bits per heavy atom. The van der Waals surface area contributed by atoms with Crippen LogP contribution in [0.15, 0.2) is 48.7 Å². The van der Waals surface area contributed by atoms with Crippen molar-refractivity contribution in [3.8, 4) is 11.4 Å². The van der Waals surface area contributed by atoms with Crippen LogP contribution in [-0.2, 0) is 0 Å². The van der Waals surface area contributed by atoms with Crippen molar-refractivity contribution in [2.45, 2.75) is 0 Å². The summed E-state index contributed by atoms with van der Waals surface area (Å²) in [6, 6.07) is 11.7. The molecule has 4 aromatic rings. The molecule has 0 radical (unpaired) electrons. The van der Waals surface area contributed by atoms with Gasteiger partial charge in [0.1, 0.15) is 5.82 Å². The lowest BCUT2D eigenvalue weighted by Crippen LogP contribution is -1.84. The summed E-state index contributed by atoms with van der Waals surface area (Å²) in [6.07, 6.45) is 1.72. The summed E-state index contributed by atoms with van der Waals surface area (Å²) in [5.41, 5.74) is 2.54. The third kappa shape index (κ3) is 1.86. The van der Waals surface area contributed by atoms with Crippen LogP contribution < -0.4 is 0 Å². The topological polar surface area (TPSA) is 41.6 Å². The maximum absolute atomic E-state index is 13.3. The second-order valence-electron chi connectivity index (χ2n) is 4.74. The number of nitrogens with zero attached hydrogens (tertiary/aromatic N) is 2. The van der Waals surface area contributed by atoms with Crippen LogP contribution in [0.2, 0.25) is 0 Å². The van der Waals surface area contributed by atoms with Gasteiger partial charge in [-0.2, -0.15) is 0 Å². The molecule has 1 N–H and O–H groups in total. The number of halogens is 2. The van der Waals surface area contributed by atoms with Crippen LogP contribution >= 0.6 is 0 Å². The Morgan fingerprint density at radius 1 is 0.905 bits per heavy atom. The Morgan fingerprint density at radius 3 is 2.67 bits per heavy atom. The molecule has 21 heavy (non-hydrogen) atoms. The molecule has 2 heterocycles. The predicted octanol–water partition coefficient (Wildman–Crippen LogP) is 4.06. The molecule has 0 aliphatic rings. The zero-order valence-corrected chi connectivity index (χ0v) is 10.8. The summed E-state index contributed by atoms with van der Waals surface area (Å²) in [6.45, 7) is 0. The fourth-order valence-corrected chi connectivity index (χ4v) is 2.44. The fourth-order valence-electron chi connectivity index (χ4n) is 2.44. The van der Waals surface area contributed by atoms with Crippen molar-refractivity contribution < 1.29 is 8.78 Å². The first-order chi connectivity index (χ1) is 10.2. The highest BCUT2D eigenvalue weighted by molar-refractivity contribution is 5.94. The number of nitrogens with one attached hydrogen (secondary N) is 1. The summed E-state index contributed by atoms with van der Waals surface area (Å²) in [4.78, 5) is 11.7. The van der Waals surface area contributed by atoms with E-state index in [1.165, 1.54) is 0 Å². The van der Waals surface area contributed by atoms with Gasteiger partial charge in [-0.1, -0.05) is 18.2 Å². The molecular weight excluding hydrogens is 272 g/mol. The lowest BCUT2D eigenvalue weighted by molar-refractivity contribution is 0.510. The van der Waals surface area contributed by atoms with Gasteiger partial charge >= 0.3 is 0 Å². The minimum Gasteiger partial charge on any atom is -0.338 e. The van der Waals surface area contributed by atoms with E-state index in [9.17, 15) is 8.78 Å². The maximum atomic E-state index is 13.3. The van der Waals surface area contributed by atoms with Crippen molar-refractivity contribution in [1.29, 1.82) is 0 Å². The largest absolute Gasteiger partial charge is 0.338 e. The minimum absolute atomic E-state index is 0.393. The molecule has 0 aliphatic carbocycles. The van der Waals surface area contributed by atoms with E-state index in [2.05, 4.69) is 15.0 Å². The molecular formula is C16H9F2N3. The smallest absolute Gasteiger partial charge is 0.161 e. The molecule has 0 amide bonds. The van der Waals surface area contributed by atoms with E-state index in [0.29, 0.717) is 16.9 Å². The van der Waals surface area contributed by atoms with Crippen LogP contribution in [-0.4, -0.2) is 15.0 Å². The summed E-state index contributed by atoms with van der Waals surface area (Å²) >= 11 is 0. The summed E-state index contributed by atoms with van der Waals surface area (Å²) in [7, 11) is 0. The van der Waals surface area contributed by atoms with Gasteiger partial charge in [-0.15, -0.1) is 0 Å². The SMILES string of the molecule is Fc1cc2nc(-c3cccc4ncccc34)[nH]c2cc1F. The second-order valence-corrected chi connectivity index (χ2v) is 4.74. The lowest BCUT2D eigenvalue weighted by atomic mass is 10.1. The fraction of sp³-hybridized carbons (Fsp3) is 0. The molecule has 3 nitrogen and oxygen atoms in total. The third-order valence-electron chi connectivity index (χ3n) is 3.42. The summed E-state index contributed by atoms with van der Waals surface area (Å²) in [5, 5.41) is 0.931. The van der Waals surface area contributed by atoms with Gasteiger partial charge in [0, 0.05) is 29.3 Å². The molecule has 2 aromatic heterocycles. The van der Waals surface area contributed by atoms with Gasteiger partial charge in [0.2, 0.25) is 0 Å². The van der Waals surface area contributed by atoms with Crippen LogP contribution in [0, 0.1) is 11.6 Å². The van der Waals surface area contributed by atoms with E-state index >= 15 is 0 Å². The Bertz CT molecular complexity index is 932. The van der Waals surface area contributed by atoms with Gasteiger partial charge in [-0.05, 0) is 12.1 Å². The molecule has 0 unspecified atom stereocenters. The number of rotatable bonds is 1. The molecule has 0 aliphatic heterocycles. The highest BCUT2D eigenvalue weighted by atomic mass is 19.2. The van der Waals surface area contributed by atoms with Crippen molar-refractivity contribution >= 4 is 21.9 Å². The number of benzene rings is 2. The van der Waals surface area contributed by atoms with Crippen LogP contribution in [0.3, 0.4) is 0 Å². The Labute approximate surface area is 118 Å². The average molecular weight is 281 g/mol. The Kier molecular flexibility index (Phi) is 2.47. The van der Waals surface area contributed by atoms with Crippen LogP contribution in [0.5, 0.6) is 0 Å². The van der Waals surface area contributed by atoms with Crippen molar-refractivity contribution in [1.82, 2.24) is 15.0 Å². The van der Waals surface area contributed by atoms with Gasteiger partial charge in [0.25, 0.3) is 0 Å². The number of hydrogen-bond donors (Lipinski definition) is 1. The number of imidazole rings is 1. The molecule has 102 valence electrons. The number of aromatic nitrogens is 3. The predicted molar refractivity (Wildman–Crippen MR) is 76.7 cm³/mol. The molecule has 0 spiro atoms. The molecule has 0 atom stereocenters. The third-order valence-corrected chi connectivity index (χ3v) is 3.42. The number of aromatic amines is 1. The van der Waals surface area contributed by atoms with E-state index in [1.54, 1.807) is 6.20 Å². The first kappa shape index (κ1) is 12.0. The molecule has 0 fully saturated rings. The first-order valence-electron chi connectivity index (χ1n) is 6.41. The summed E-state index contributed by atoms with van der Waals surface area (Å²) in [5.74, 6) is -1.23. The molecule has 0 saturated carbocycles. The second kappa shape index (κ2) is 4.34. The normalized spacial score (nSPS) is 11.3. The maximum Gasteiger partial charge on any atom is 0.161 e.